The van der Waals surface area contributed by atoms with Gasteiger partial charge in [-0.05, 0) is 18.2 Å². The highest BCUT2D eigenvalue weighted by Crippen LogP contribution is 2.40. The first-order chi connectivity index (χ1) is 7.91. The van der Waals surface area contributed by atoms with Gasteiger partial charge in [0.2, 0.25) is 0 Å². The lowest BCUT2D eigenvalue weighted by molar-refractivity contribution is -0.242. The van der Waals surface area contributed by atoms with E-state index in [0.717, 1.165) is 6.07 Å². The largest absolute Gasteiger partial charge is 0.465 e. The highest BCUT2D eigenvalue weighted by atomic mass is 19.4. The van der Waals surface area contributed by atoms with E-state index in [-0.39, 0.29) is 17.1 Å². The van der Waals surface area contributed by atoms with Crippen molar-refractivity contribution in [1.82, 2.24) is 0 Å². The van der Waals surface area contributed by atoms with E-state index in [1.165, 1.54) is 19.2 Å². The first kappa shape index (κ1) is 11.6. The molecule has 0 aliphatic carbocycles. The third-order valence-electron chi connectivity index (χ3n) is 2.10. The first-order valence-electron chi connectivity index (χ1n) is 4.54. The first-order valence-corrected chi connectivity index (χ1v) is 4.54. The molecule has 1 aromatic rings. The summed E-state index contributed by atoms with van der Waals surface area (Å²) in [6.45, 7) is 0. The second kappa shape index (κ2) is 3.83. The molecule has 1 aromatic carbocycles. The van der Waals surface area contributed by atoms with Crippen LogP contribution >= 0.6 is 0 Å². The Kier molecular flexibility index (Phi) is 2.60. The van der Waals surface area contributed by atoms with Gasteiger partial charge in [0.05, 0.1) is 12.7 Å². The lowest BCUT2D eigenvalue weighted by Gasteiger charge is -2.12. The van der Waals surface area contributed by atoms with Crippen LogP contribution in [0.4, 0.5) is 13.2 Å². The molecule has 0 saturated carbocycles. The van der Waals surface area contributed by atoms with Gasteiger partial charge in [0.15, 0.2) is 11.5 Å². The molecule has 2 rings (SSSR count). The maximum absolute atomic E-state index is 12.3. The van der Waals surface area contributed by atoms with Gasteiger partial charge in [0, 0.05) is 0 Å². The van der Waals surface area contributed by atoms with E-state index in [4.69, 9.17) is 0 Å². The van der Waals surface area contributed by atoms with E-state index >= 15 is 0 Å². The Morgan fingerprint density at radius 3 is 2.53 bits per heavy atom. The predicted molar refractivity (Wildman–Crippen MR) is 48.9 cm³/mol. The molecule has 17 heavy (non-hydrogen) atoms. The summed E-state index contributed by atoms with van der Waals surface area (Å²) in [5.74, 6) is -0.845. The third-order valence-corrected chi connectivity index (χ3v) is 2.10. The monoisotopic (exact) mass is 248 g/mol. The molecule has 0 saturated heterocycles. The summed E-state index contributed by atoms with van der Waals surface area (Å²) in [5, 5.41) is 0. The highest BCUT2D eigenvalue weighted by Gasteiger charge is 2.48. The molecule has 1 unspecified atom stereocenters. The highest BCUT2D eigenvalue weighted by molar-refractivity contribution is 5.90. The molecule has 0 aromatic heterocycles. The zero-order valence-corrected chi connectivity index (χ0v) is 8.58. The van der Waals surface area contributed by atoms with E-state index in [1.54, 1.807) is 0 Å². The van der Waals surface area contributed by atoms with Crippen LogP contribution < -0.4 is 9.47 Å². The molecule has 1 atom stereocenters. The second-order valence-electron chi connectivity index (χ2n) is 3.26. The minimum Gasteiger partial charge on any atom is -0.465 e. The Morgan fingerprint density at radius 2 is 1.94 bits per heavy atom. The van der Waals surface area contributed by atoms with Crippen molar-refractivity contribution in [2.45, 2.75) is 12.5 Å². The summed E-state index contributed by atoms with van der Waals surface area (Å²) >= 11 is 0. The predicted octanol–water partition coefficient (Wildman–Crippen LogP) is 2.13. The van der Waals surface area contributed by atoms with Gasteiger partial charge in [-0.15, -0.1) is 0 Å². The molecule has 7 heteroatoms. The number of benzene rings is 1. The normalized spacial score (nSPS) is 18.0. The zero-order valence-electron chi connectivity index (χ0n) is 8.58. The molecule has 4 nitrogen and oxygen atoms in total. The number of rotatable bonds is 1. The topological polar surface area (TPSA) is 44.8 Å². The molecule has 0 fully saturated rings. The Morgan fingerprint density at radius 1 is 1.29 bits per heavy atom. The molecule has 0 N–H and O–H groups in total. The molecule has 1 aliphatic heterocycles. The van der Waals surface area contributed by atoms with Crippen LogP contribution in [0.3, 0.4) is 0 Å². The van der Waals surface area contributed by atoms with Gasteiger partial charge in [-0.1, -0.05) is 0 Å². The smallest absolute Gasteiger partial charge is 0.464 e. The minimum absolute atomic E-state index is 0.0556. The van der Waals surface area contributed by atoms with Crippen molar-refractivity contribution in [1.29, 1.82) is 0 Å². The van der Waals surface area contributed by atoms with Crippen LogP contribution in [0.2, 0.25) is 0 Å². The van der Waals surface area contributed by atoms with E-state index in [1.807, 2.05) is 0 Å². The average Bonchev–Trinajstić information content (AvgIpc) is 2.70. The molecule has 0 radical (unpaired) electrons. The van der Waals surface area contributed by atoms with Crippen molar-refractivity contribution < 1.29 is 32.2 Å². The quantitative estimate of drug-likeness (QED) is 0.714. The lowest BCUT2D eigenvalue weighted by atomic mass is 10.2. The number of hydrogen-bond donors (Lipinski definition) is 0. The standard InChI is InChI=1S/C10H7F3O4/c1-15-8(14)5-2-3-6-7(4-5)17-9(16-6)10(11,12)13/h2-4,9H,1H3. The number of esters is 1. The van der Waals surface area contributed by atoms with Gasteiger partial charge < -0.3 is 14.2 Å². The fourth-order valence-electron chi connectivity index (χ4n) is 1.33. The Balaban J connectivity index is 2.25. The molecule has 1 aliphatic rings. The molecule has 0 amide bonds. The zero-order chi connectivity index (χ0) is 12.6. The third kappa shape index (κ3) is 2.13. The Labute approximate surface area is 93.9 Å². The molecule has 1 heterocycles. The molecule has 0 spiro atoms. The lowest BCUT2D eigenvalue weighted by Crippen LogP contribution is -2.35. The van der Waals surface area contributed by atoms with Crippen molar-refractivity contribution >= 4 is 5.97 Å². The maximum atomic E-state index is 12.3. The molecule has 0 bridgehead atoms. The molecular formula is C10H7F3O4. The fraction of sp³-hybridized carbons (Fsp3) is 0.300. The van der Waals surface area contributed by atoms with Crippen molar-refractivity contribution in [3.63, 3.8) is 0 Å². The van der Waals surface area contributed by atoms with Crippen molar-refractivity contribution in [3.8, 4) is 11.5 Å². The number of carbonyl (C=O) groups excluding carboxylic acids is 1. The number of carbonyl (C=O) groups is 1. The fourth-order valence-corrected chi connectivity index (χ4v) is 1.33. The summed E-state index contributed by atoms with van der Waals surface area (Å²) in [4.78, 5) is 11.2. The van der Waals surface area contributed by atoms with Crippen LogP contribution in [0.1, 0.15) is 10.4 Å². The van der Waals surface area contributed by atoms with Crippen LogP contribution in [0.5, 0.6) is 11.5 Å². The number of halogens is 3. The number of fused-ring (bicyclic) bond motifs is 1. The molecule has 92 valence electrons. The molecular weight excluding hydrogens is 241 g/mol. The minimum atomic E-state index is -4.62. The van der Waals surface area contributed by atoms with Crippen LogP contribution in [0.15, 0.2) is 18.2 Å². The summed E-state index contributed by atoms with van der Waals surface area (Å²) in [7, 11) is 1.17. The number of alkyl halides is 3. The Bertz CT molecular complexity index is 455. The van der Waals surface area contributed by atoms with Crippen LogP contribution in [0, 0.1) is 0 Å². The number of hydrogen-bond acceptors (Lipinski definition) is 4. The number of ether oxygens (including phenoxy) is 3. The van der Waals surface area contributed by atoms with Crippen LogP contribution in [-0.4, -0.2) is 25.5 Å². The van der Waals surface area contributed by atoms with E-state index < -0.39 is 18.4 Å². The van der Waals surface area contributed by atoms with E-state index in [2.05, 4.69) is 14.2 Å². The van der Waals surface area contributed by atoms with Gasteiger partial charge in [0.1, 0.15) is 0 Å². The van der Waals surface area contributed by atoms with Gasteiger partial charge >= 0.3 is 18.4 Å². The van der Waals surface area contributed by atoms with Gasteiger partial charge in [-0.2, -0.15) is 13.2 Å². The average molecular weight is 248 g/mol. The van der Waals surface area contributed by atoms with Crippen molar-refractivity contribution in [2.24, 2.45) is 0 Å². The Hall–Kier alpha value is -1.92. The summed E-state index contributed by atoms with van der Waals surface area (Å²) in [5.41, 5.74) is 0.0951. The van der Waals surface area contributed by atoms with Crippen LogP contribution in [0.25, 0.3) is 0 Å². The maximum Gasteiger partial charge on any atom is 0.464 e. The number of methoxy groups -OCH3 is 1. The van der Waals surface area contributed by atoms with Crippen molar-refractivity contribution in [2.75, 3.05) is 7.11 Å². The van der Waals surface area contributed by atoms with E-state index in [0.29, 0.717) is 0 Å². The summed E-state index contributed by atoms with van der Waals surface area (Å²) in [6.07, 6.45) is -6.95. The SMILES string of the molecule is COC(=O)c1ccc2c(c1)OC(C(F)(F)F)O2. The van der Waals surface area contributed by atoms with Crippen molar-refractivity contribution in [3.05, 3.63) is 23.8 Å². The van der Waals surface area contributed by atoms with Gasteiger partial charge in [0.25, 0.3) is 0 Å². The van der Waals surface area contributed by atoms with Gasteiger partial charge in [-0.25, -0.2) is 4.79 Å². The second-order valence-corrected chi connectivity index (χ2v) is 3.26. The summed E-state index contributed by atoms with van der Waals surface area (Å²) < 4.78 is 50.5. The van der Waals surface area contributed by atoms with Gasteiger partial charge in [-0.3, -0.25) is 0 Å². The van der Waals surface area contributed by atoms with E-state index in [9.17, 15) is 18.0 Å². The summed E-state index contributed by atoms with van der Waals surface area (Å²) in [6, 6.07) is 3.67. The van der Waals surface area contributed by atoms with Crippen LogP contribution in [-0.2, 0) is 4.74 Å².